The zero-order chi connectivity index (χ0) is 23.9. The molecule has 4 aromatic rings. The summed E-state index contributed by atoms with van der Waals surface area (Å²) < 4.78 is 5.37. The van der Waals surface area contributed by atoms with E-state index in [1.165, 1.54) is 36.4 Å². The minimum atomic E-state index is -0.651. The highest BCUT2D eigenvalue weighted by Gasteiger charge is 2.15. The van der Waals surface area contributed by atoms with Crippen LogP contribution < -0.4 is 10.1 Å². The lowest BCUT2D eigenvalue weighted by Gasteiger charge is -2.06. The van der Waals surface area contributed by atoms with Crippen LogP contribution in [0.15, 0.2) is 103 Å². The Labute approximate surface area is 194 Å². The number of ether oxygens (including phenoxy) is 1. The monoisotopic (exact) mass is 453 g/mol. The predicted octanol–water partition coefficient (Wildman–Crippen LogP) is 5.67. The van der Waals surface area contributed by atoms with E-state index in [-0.39, 0.29) is 23.0 Å². The summed E-state index contributed by atoms with van der Waals surface area (Å²) in [6, 6.07) is 28.5. The van der Waals surface area contributed by atoms with Gasteiger partial charge in [-0.25, -0.2) is 4.79 Å². The molecule has 4 rings (SSSR count). The number of aromatic nitrogens is 1. The zero-order valence-corrected chi connectivity index (χ0v) is 17.8. The standard InChI is InChI=1S/C26H19N3O5/c30-25(27-20-8-6-4-2-1-3-5-7-9-20)18-10-13-22(14-11-18)34-26(31)24-17-19-16-21(29(32)33)12-15-23(19)28-24/h1-17,28H,(H,27,30). The van der Waals surface area contributed by atoms with Gasteiger partial charge in [-0.2, -0.15) is 0 Å². The number of non-ortho nitro benzene ring substituents is 1. The second-order valence-electron chi connectivity index (χ2n) is 7.22. The number of anilines is 1. The van der Waals surface area contributed by atoms with E-state index in [0.29, 0.717) is 22.2 Å². The number of nitro benzene ring substituents is 1. The van der Waals surface area contributed by atoms with E-state index in [1.807, 2.05) is 42.5 Å². The van der Waals surface area contributed by atoms with Gasteiger partial charge in [-0.3, -0.25) is 14.9 Å². The number of aromatic amines is 1. The summed E-state index contributed by atoms with van der Waals surface area (Å²) in [7, 11) is 0. The number of carbonyl (C=O) groups is 2. The highest BCUT2D eigenvalue weighted by Crippen LogP contribution is 2.23. The van der Waals surface area contributed by atoms with Gasteiger partial charge >= 0.3 is 5.97 Å². The molecule has 2 N–H and O–H groups in total. The Balaban J connectivity index is 1.44. The Morgan fingerprint density at radius 3 is 2.12 bits per heavy atom. The van der Waals surface area contributed by atoms with Crippen molar-refractivity contribution in [2.24, 2.45) is 0 Å². The topological polar surface area (TPSA) is 114 Å². The van der Waals surface area contributed by atoms with Gasteiger partial charge in [-0.15, -0.1) is 0 Å². The number of nitrogens with zero attached hydrogens (tertiary/aromatic N) is 1. The van der Waals surface area contributed by atoms with Crippen LogP contribution in [0, 0.1) is 10.1 Å². The molecule has 3 aromatic carbocycles. The molecule has 0 fully saturated rings. The van der Waals surface area contributed by atoms with Gasteiger partial charge in [0.05, 0.1) is 4.92 Å². The number of esters is 1. The molecule has 1 heterocycles. The molecule has 0 spiro atoms. The minimum absolute atomic E-state index is 0.0682. The molecule has 1 aromatic heterocycles. The second kappa shape index (κ2) is 10.1. The van der Waals surface area contributed by atoms with E-state index in [1.54, 1.807) is 24.3 Å². The highest BCUT2D eigenvalue weighted by atomic mass is 16.6. The molecule has 0 radical (unpaired) electrons. The van der Waals surface area contributed by atoms with Crippen molar-refractivity contribution in [3.05, 3.63) is 124 Å². The highest BCUT2D eigenvalue weighted by molar-refractivity contribution is 6.04. The van der Waals surface area contributed by atoms with Crippen LogP contribution in [0.1, 0.15) is 20.8 Å². The lowest BCUT2D eigenvalue weighted by Crippen LogP contribution is -2.12. The van der Waals surface area contributed by atoms with E-state index < -0.39 is 10.9 Å². The van der Waals surface area contributed by atoms with Crippen molar-refractivity contribution in [2.45, 2.75) is 0 Å². The van der Waals surface area contributed by atoms with Gasteiger partial charge in [0.25, 0.3) is 11.6 Å². The van der Waals surface area contributed by atoms with Crippen molar-refractivity contribution in [1.29, 1.82) is 0 Å². The molecule has 0 bridgehead atoms. The van der Waals surface area contributed by atoms with Crippen molar-refractivity contribution in [3.8, 4) is 5.75 Å². The number of nitro groups is 1. The molecule has 8 nitrogen and oxygen atoms in total. The number of H-pyrrole nitrogens is 1. The summed E-state index contributed by atoms with van der Waals surface area (Å²) in [6.07, 6.45) is 0. The number of nitrogens with one attached hydrogen (secondary N) is 2. The Kier molecular flexibility index (Phi) is 6.60. The molecule has 0 aliphatic carbocycles. The number of hydrogen-bond acceptors (Lipinski definition) is 5. The first kappa shape index (κ1) is 22.2. The molecule has 34 heavy (non-hydrogen) atoms. The smallest absolute Gasteiger partial charge is 0.360 e. The Hall–Kier alpha value is -4.98. The average molecular weight is 453 g/mol. The summed E-state index contributed by atoms with van der Waals surface area (Å²) >= 11 is 0. The van der Waals surface area contributed by atoms with Crippen molar-refractivity contribution in [2.75, 3.05) is 5.32 Å². The lowest BCUT2D eigenvalue weighted by molar-refractivity contribution is -0.384. The fraction of sp³-hybridized carbons (Fsp3) is 0. The summed E-state index contributed by atoms with van der Waals surface area (Å²) in [4.78, 5) is 38.4. The number of fused-ring (bicyclic) bond motifs is 1. The van der Waals surface area contributed by atoms with Gasteiger partial charge in [-0.05, 0) is 48.5 Å². The van der Waals surface area contributed by atoms with Crippen molar-refractivity contribution < 1.29 is 19.2 Å². The van der Waals surface area contributed by atoms with Gasteiger partial charge in [-0.1, -0.05) is 42.5 Å². The molecular weight excluding hydrogens is 434 g/mol. The van der Waals surface area contributed by atoms with Crippen LogP contribution in [0.2, 0.25) is 0 Å². The maximum Gasteiger partial charge on any atom is 0.360 e. The van der Waals surface area contributed by atoms with Crippen LogP contribution in [0.3, 0.4) is 0 Å². The molecule has 1 amide bonds. The Morgan fingerprint density at radius 2 is 1.47 bits per heavy atom. The van der Waals surface area contributed by atoms with Crippen molar-refractivity contribution in [3.63, 3.8) is 0 Å². The van der Waals surface area contributed by atoms with Gasteiger partial charge in [0.2, 0.25) is 0 Å². The van der Waals surface area contributed by atoms with Gasteiger partial charge in [0.15, 0.2) is 0 Å². The van der Waals surface area contributed by atoms with Crippen molar-refractivity contribution >= 4 is 34.2 Å². The first-order chi connectivity index (χ1) is 16.5. The minimum Gasteiger partial charge on any atom is -0.422 e. The van der Waals surface area contributed by atoms with Crippen LogP contribution >= 0.6 is 0 Å². The Bertz CT molecular complexity index is 1400. The number of amides is 1. The number of carbonyl (C=O) groups excluding carboxylic acids is 2. The zero-order valence-electron chi connectivity index (χ0n) is 17.8. The number of rotatable bonds is 5. The maximum atomic E-state index is 12.6. The van der Waals surface area contributed by atoms with Crippen LogP contribution in [-0.4, -0.2) is 21.8 Å². The fourth-order valence-corrected chi connectivity index (χ4v) is 3.16. The summed E-state index contributed by atoms with van der Waals surface area (Å²) in [5.74, 6) is -0.707. The second-order valence-corrected chi connectivity index (χ2v) is 7.22. The van der Waals surface area contributed by atoms with Crippen molar-refractivity contribution in [1.82, 2.24) is 4.98 Å². The van der Waals surface area contributed by atoms with Crippen LogP contribution in [0.25, 0.3) is 10.9 Å². The lowest BCUT2D eigenvalue weighted by atomic mass is 10.2. The molecule has 0 saturated carbocycles. The molecule has 168 valence electrons. The van der Waals surface area contributed by atoms with Gasteiger partial charge in [0.1, 0.15) is 11.4 Å². The molecule has 0 aliphatic heterocycles. The predicted molar refractivity (Wildman–Crippen MR) is 128 cm³/mol. The van der Waals surface area contributed by atoms with E-state index in [0.717, 1.165) is 0 Å². The van der Waals surface area contributed by atoms with Crippen LogP contribution in [0.4, 0.5) is 11.4 Å². The third-order valence-electron chi connectivity index (χ3n) is 4.84. The first-order valence-corrected chi connectivity index (χ1v) is 10.3. The molecule has 8 heteroatoms. The number of benzene rings is 2. The first-order valence-electron chi connectivity index (χ1n) is 10.3. The van der Waals surface area contributed by atoms with Gasteiger partial charge in [0, 0.05) is 34.3 Å². The van der Waals surface area contributed by atoms with Gasteiger partial charge < -0.3 is 15.0 Å². The van der Waals surface area contributed by atoms with Crippen LogP contribution in [0.5, 0.6) is 5.75 Å². The summed E-state index contributed by atoms with van der Waals surface area (Å²) in [5.41, 5.74) is 1.68. The number of hydrogen-bond donors (Lipinski definition) is 2. The van der Waals surface area contributed by atoms with Crippen LogP contribution in [-0.2, 0) is 0 Å². The van der Waals surface area contributed by atoms with E-state index in [2.05, 4.69) is 10.3 Å². The fourth-order valence-electron chi connectivity index (χ4n) is 3.16. The quantitative estimate of drug-likeness (QED) is 0.175. The third kappa shape index (κ3) is 5.43. The Morgan fingerprint density at radius 1 is 0.824 bits per heavy atom. The molecule has 0 aliphatic rings. The summed E-state index contributed by atoms with van der Waals surface area (Å²) in [6.45, 7) is 0. The van der Waals surface area contributed by atoms with E-state index in [4.69, 9.17) is 4.74 Å². The van der Waals surface area contributed by atoms with E-state index >= 15 is 0 Å². The maximum absolute atomic E-state index is 12.6. The largest absolute Gasteiger partial charge is 0.422 e. The average Bonchev–Trinajstić information content (AvgIpc) is 3.27. The van der Waals surface area contributed by atoms with E-state index in [9.17, 15) is 19.7 Å². The summed E-state index contributed by atoms with van der Waals surface area (Å²) in [5, 5.41) is 14.3. The molecule has 0 atom stereocenters. The molecule has 0 saturated heterocycles. The third-order valence-corrected chi connectivity index (χ3v) is 4.84. The SMILES string of the molecule is O=C(Nc1ccccccccc1)c1ccc(OC(=O)c2cc3cc([N+](=O)[O-])ccc3[nH]2)cc1. The molecule has 0 unspecified atom stereocenters. The molecular formula is C26H19N3O5. The normalized spacial score (nSPS) is 10.2.